The average Bonchev–Trinajstić information content (AvgIpc) is 3.07. The first-order valence-electron chi connectivity index (χ1n) is 5.86. The Labute approximate surface area is 119 Å². The lowest BCUT2D eigenvalue weighted by molar-refractivity contribution is 0.645. The molecule has 2 N–H and O–H groups in total. The summed E-state index contributed by atoms with van der Waals surface area (Å²) in [6.07, 6.45) is 2.61. The summed E-state index contributed by atoms with van der Waals surface area (Å²) >= 11 is 4.24. The lowest BCUT2D eigenvalue weighted by Gasteiger charge is -2.06. The Morgan fingerprint density at radius 2 is 1.94 bits per heavy atom. The predicted molar refractivity (Wildman–Crippen MR) is 82.1 cm³/mol. The van der Waals surface area contributed by atoms with Gasteiger partial charge in [-0.1, -0.05) is 18.2 Å². The van der Waals surface area contributed by atoms with Gasteiger partial charge in [-0.05, 0) is 59.5 Å². The summed E-state index contributed by atoms with van der Waals surface area (Å²) in [5.74, 6) is 0.733. The molecule has 17 heavy (non-hydrogen) atoms. The summed E-state index contributed by atoms with van der Waals surface area (Å²) in [6, 6.07) is 13.2. The van der Waals surface area contributed by atoms with Crippen LogP contribution < -0.4 is 5.73 Å². The minimum Gasteiger partial charge on any atom is -0.323 e. The van der Waals surface area contributed by atoms with Crippen LogP contribution in [0.3, 0.4) is 0 Å². The topological polar surface area (TPSA) is 26.0 Å². The van der Waals surface area contributed by atoms with Crippen LogP contribution in [0.25, 0.3) is 10.4 Å². The van der Waals surface area contributed by atoms with E-state index in [1.807, 2.05) is 11.3 Å². The molecule has 1 unspecified atom stereocenters. The fourth-order valence-corrected chi connectivity index (χ4v) is 4.03. The van der Waals surface area contributed by atoms with Crippen molar-refractivity contribution >= 4 is 33.9 Å². The standard InChI is InChI=1S/C14H14INS/c15-11-4-2-1-3-10(11)12-7-8-13(17-12)14(16)9-5-6-9/h1-4,7-9,14H,5-6,16H2. The Hall–Kier alpha value is -0.390. The number of nitrogens with two attached hydrogens (primary N) is 1. The monoisotopic (exact) mass is 355 g/mol. The fraction of sp³-hybridized carbons (Fsp3) is 0.286. The van der Waals surface area contributed by atoms with Crippen LogP contribution in [0.5, 0.6) is 0 Å². The molecule has 1 aromatic carbocycles. The normalized spacial score (nSPS) is 17.1. The Kier molecular flexibility index (Phi) is 3.23. The first-order chi connectivity index (χ1) is 8.25. The number of benzene rings is 1. The summed E-state index contributed by atoms with van der Waals surface area (Å²) in [7, 11) is 0. The van der Waals surface area contributed by atoms with Crippen molar-refractivity contribution in [1.82, 2.24) is 0 Å². The Morgan fingerprint density at radius 3 is 2.65 bits per heavy atom. The van der Waals surface area contributed by atoms with Crippen LogP contribution in [0.1, 0.15) is 23.8 Å². The van der Waals surface area contributed by atoms with Crippen molar-refractivity contribution in [3.63, 3.8) is 0 Å². The Morgan fingerprint density at radius 1 is 1.18 bits per heavy atom. The van der Waals surface area contributed by atoms with Crippen LogP contribution in [0, 0.1) is 9.49 Å². The van der Waals surface area contributed by atoms with Gasteiger partial charge in [0.1, 0.15) is 0 Å². The molecule has 0 saturated heterocycles. The van der Waals surface area contributed by atoms with Gasteiger partial charge in [0.25, 0.3) is 0 Å². The lowest BCUT2D eigenvalue weighted by atomic mass is 10.1. The van der Waals surface area contributed by atoms with Crippen LogP contribution >= 0.6 is 33.9 Å². The number of hydrogen-bond acceptors (Lipinski definition) is 2. The molecule has 1 fully saturated rings. The molecule has 0 bridgehead atoms. The van der Waals surface area contributed by atoms with E-state index < -0.39 is 0 Å². The summed E-state index contributed by atoms with van der Waals surface area (Å²) in [4.78, 5) is 2.67. The van der Waals surface area contributed by atoms with Crippen molar-refractivity contribution in [3.8, 4) is 10.4 Å². The number of thiophene rings is 1. The zero-order chi connectivity index (χ0) is 11.8. The molecule has 0 amide bonds. The SMILES string of the molecule is NC(c1ccc(-c2ccccc2I)s1)C1CC1. The maximum absolute atomic E-state index is 6.24. The molecule has 2 aromatic rings. The zero-order valence-electron chi connectivity index (χ0n) is 9.40. The second kappa shape index (κ2) is 4.71. The van der Waals surface area contributed by atoms with Crippen molar-refractivity contribution in [2.75, 3.05) is 0 Å². The van der Waals surface area contributed by atoms with Crippen LogP contribution in [-0.4, -0.2) is 0 Å². The summed E-state index contributed by atoms with van der Waals surface area (Å²) in [6.45, 7) is 0. The zero-order valence-corrected chi connectivity index (χ0v) is 12.4. The molecule has 1 nitrogen and oxygen atoms in total. The molecule has 3 heteroatoms. The van der Waals surface area contributed by atoms with Gasteiger partial charge in [-0.15, -0.1) is 11.3 Å². The van der Waals surface area contributed by atoms with Gasteiger partial charge in [0.05, 0.1) is 0 Å². The molecule has 0 spiro atoms. The van der Waals surface area contributed by atoms with Gasteiger partial charge in [-0.2, -0.15) is 0 Å². The summed E-state index contributed by atoms with van der Waals surface area (Å²) < 4.78 is 1.30. The smallest absolute Gasteiger partial charge is 0.0418 e. The molecule has 88 valence electrons. The quantitative estimate of drug-likeness (QED) is 0.810. The molecule has 0 aliphatic heterocycles. The van der Waals surface area contributed by atoms with Gasteiger partial charge in [0.2, 0.25) is 0 Å². The fourth-order valence-electron chi connectivity index (χ4n) is 2.03. The van der Waals surface area contributed by atoms with E-state index in [4.69, 9.17) is 5.73 Å². The van der Waals surface area contributed by atoms with E-state index in [1.54, 1.807) is 0 Å². The highest BCUT2D eigenvalue weighted by Gasteiger charge is 2.30. The second-order valence-corrected chi connectivity index (χ2v) is 6.82. The molecule has 1 heterocycles. The Balaban J connectivity index is 1.92. The molecule has 3 rings (SSSR count). The highest BCUT2D eigenvalue weighted by Crippen LogP contribution is 2.43. The molecule has 1 saturated carbocycles. The summed E-state index contributed by atoms with van der Waals surface area (Å²) in [5, 5.41) is 0. The van der Waals surface area contributed by atoms with E-state index in [2.05, 4.69) is 59.0 Å². The molecular weight excluding hydrogens is 341 g/mol. The molecule has 0 radical (unpaired) electrons. The van der Waals surface area contributed by atoms with Crippen molar-refractivity contribution in [2.24, 2.45) is 11.7 Å². The lowest BCUT2D eigenvalue weighted by Crippen LogP contribution is -2.10. The predicted octanol–water partition coefficient (Wildman–Crippen LogP) is 4.43. The molecule has 1 aliphatic rings. The van der Waals surface area contributed by atoms with Gasteiger partial charge in [-0.3, -0.25) is 0 Å². The molecule has 1 aromatic heterocycles. The maximum atomic E-state index is 6.24. The first-order valence-corrected chi connectivity index (χ1v) is 7.75. The van der Waals surface area contributed by atoms with Crippen LogP contribution in [0.2, 0.25) is 0 Å². The highest BCUT2D eigenvalue weighted by molar-refractivity contribution is 14.1. The number of rotatable bonds is 3. The van der Waals surface area contributed by atoms with E-state index in [0.29, 0.717) is 0 Å². The van der Waals surface area contributed by atoms with E-state index in [0.717, 1.165) is 5.92 Å². The van der Waals surface area contributed by atoms with Gasteiger partial charge in [-0.25, -0.2) is 0 Å². The minimum atomic E-state index is 0.259. The molecule has 1 aliphatic carbocycles. The highest BCUT2D eigenvalue weighted by atomic mass is 127. The van der Waals surface area contributed by atoms with Crippen molar-refractivity contribution in [3.05, 3.63) is 44.8 Å². The third-order valence-electron chi connectivity index (χ3n) is 3.22. The van der Waals surface area contributed by atoms with Gasteiger partial charge in [0.15, 0.2) is 0 Å². The number of hydrogen-bond donors (Lipinski definition) is 1. The second-order valence-electron chi connectivity index (χ2n) is 4.55. The minimum absolute atomic E-state index is 0.259. The summed E-state index contributed by atoms with van der Waals surface area (Å²) in [5.41, 5.74) is 7.56. The van der Waals surface area contributed by atoms with E-state index in [-0.39, 0.29) is 6.04 Å². The number of halogens is 1. The third kappa shape index (κ3) is 2.41. The van der Waals surface area contributed by atoms with Gasteiger partial charge < -0.3 is 5.73 Å². The Bertz CT molecular complexity index is 531. The van der Waals surface area contributed by atoms with Crippen molar-refractivity contribution < 1.29 is 0 Å². The van der Waals surface area contributed by atoms with E-state index in [1.165, 1.54) is 31.7 Å². The van der Waals surface area contributed by atoms with Crippen LogP contribution in [0.15, 0.2) is 36.4 Å². The third-order valence-corrected chi connectivity index (χ3v) is 5.39. The average molecular weight is 355 g/mol. The largest absolute Gasteiger partial charge is 0.323 e. The van der Waals surface area contributed by atoms with Crippen LogP contribution in [0.4, 0.5) is 0 Å². The van der Waals surface area contributed by atoms with Gasteiger partial charge in [0, 0.05) is 24.9 Å². The first kappa shape index (κ1) is 11.7. The van der Waals surface area contributed by atoms with Crippen molar-refractivity contribution in [2.45, 2.75) is 18.9 Å². The van der Waals surface area contributed by atoms with E-state index >= 15 is 0 Å². The van der Waals surface area contributed by atoms with Crippen LogP contribution in [-0.2, 0) is 0 Å². The molecule has 1 atom stereocenters. The van der Waals surface area contributed by atoms with Crippen molar-refractivity contribution in [1.29, 1.82) is 0 Å². The molecular formula is C14H14INS. The van der Waals surface area contributed by atoms with Gasteiger partial charge >= 0.3 is 0 Å². The van der Waals surface area contributed by atoms with E-state index in [9.17, 15) is 0 Å². The maximum Gasteiger partial charge on any atom is 0.0418 e.